The summed E-state index contributed by atoms with van der Waals surface area (Å²) in [5.41, 5.74) is -12.8. The van der Waals surface area contributed by atoms with Gasteiger partial charge in [0.05, 0.1) is 12.0 Å². The molecule has 0 saturated heterocycles. The zero-order chi connectivity index (χ0) is 27.9. The lowest BCUT2D eigenvalue weighted by Gasteiger charge is -2.49. The molecule has 0 aliphatic heterocycles. The Balaban J connectivity index is 8.07. The third-order valence-corrected chi connectivity index (χ3v) is 5.29. The first-order chi connectivity index (χ1) is 14.7. The van der Waals surface area contributed by atoms with Gasteiger partial charge in [0.15, 0.2) is 11.6 Å². The summed E-state index contributed by atoms with van der Waals surface area (Å²) in [5, 5.41) is 32.5. The number of carbonyl (C=O) groups is 5. The third-order valence-electron chi connectivity index (χ3n) is 5.29. The molecule has 9 heteroatoms. The first kappa shape index (κ1) is 32.0. The van der Waals surface area contributed by atoms with E-state index in [9.17, 15) is 39.3 Å². The molecule has 0 aromatic rings. The van der Waals surface area contributed by atoms with Crippen molar-refractivity contribution in [1.82, 2.24) is 0 Å². The van der Waals surface area contributed by atoms with Gasteiger partial charge in [-0.15, -0.1) is 0 Å². The summed E-state index contributed by atoms with van der Waals surface area (Å²) < 4.78 is 5.47. The predicted octanol–water partition coefficient (Wildman–Crippen LogP) is 1.81. The fourth-order valence-corrected chi connectivity index (χ4v) is 3.19. The number of hydrogen-bond acceptors (Lipinski definition) is 9. The third kappa shape index (κ3) is 5.80. The Morgan fingerprint density at radius 1 is 0.647 bits per heavy atom. The van der Waals surface area contributed by atoms with E-state index in [1.54, 1.807) is 0 Å². The Morgan fingerprint density at radius 2 is 1.03 bits per heavy atom. The van der Waals surface area contributed by atoms with Crippen molar-refractivity contribution in [3.8, 4) is 0 Å². The molecule has 0 aromatic carbocycles. The highest BCUT2D eigenvalue weighted by Gasteiger charge is 2.74. The van der Waals surface area contributed by atoms with Gasteiger partial charge in [0.25, 0.3) is 11.4 Å². The molecule has 0 aliphatic carbocycles. The average molecular weight is 487 g/mol. The van der Waals surface area contributed by atoms with Crippen molar-refractivity contribution >= 4 is 29.1 Å². The monoisotopic (exact) mass is 486 g/mol. The Hall–Kier alpha value is -1.97. The van der Waals surface area contributed by atoms with E-state index < -0.39 is 74.7 Å². The molecule has 9 nitrogen and oxygen atoms in total. The van der Waals surface area contributed by atoms with Gasteiger partial charge >= 0.3 is 5.97 Å². The molecule has 0 radical (unpaired) electrons. The van der Waals surface area contributed by atoms with Crippen LogP contribution in [0, 0.1) is 21.7 Å². The van der Waals surface area contributed by atoms with E-state index >= 15 is 0 Å². The van der Waals surface area contributed by atoms with Crippen LogP contribution in [0.15, 0.2) is 0 Å². The molecule has 0 saturated carbocycles. The van der Waals surface area contributed by atoms with Crippen LogP contribution >= 0.6 is 0 Å². The minimum Gasteiger partial charge on any atom is -0.438 e. The smallest absolute Gasteiger partial charge is 0.312 e. The number of Topliss-reactive ketones (excluding diaryl/α,β-unsaturated/α-hetero) is 4. The number of esters is 1. The van der Waals surface area contributed by atoms with Gasteiger partial charge in [-0.05, 0) is 20.8 Å². The van der Waals surface area contributed by atoms with Crippen molar-refractivity contribution in [2.75, 3.05) is 6.61 Å². The van der Waals surface area contributed by atoms with E-state index in [1.807, 2.05) is 0 Å². The van der Waals surface area contributed by atoms with Crippen LogP contribution in [0.25, 0.3) is 0 Å². The number of aliphatic hydroxyl groups is 3. The maximum absolute atomic E-state index is 14.0. The molecule has 0 fully saturated rings. The van der Waals surface area contributed by atoms with Crippen LogP contribution in [-0.2, 0) is 28.7 Å². The zero-order valence-corrected chi connectivity index (χ0v) is 22.6. The molecule has 0 spiro atoms. The normalized spacial score (nSPS) is 17.7. The highest BCUT2D eigenvalue weighted by atomic mass is 16.6. The fraction of sp³-hybridized carbons (Fsp3) is 0.800. The van der Waals surface area contributed by atoms with E-state index in [1.165, 1.54) is 83.1 Å². The molecule has 0 unspecified atom stereocenters. The molecule has 0 aromatic heterocycles. The molecule has 3 N–H and O–H groups in total. The minimum atomic E-state index is -3.48. The van der Waals surface area contributed by atoms with Gasteiger partial charge in [0, 0.05) is 16.2 Å². The van der Waals surface area contributed by atoms with Crippen LogP contribution in [-0.4, -0.2) is 68.3 Å². The van der Waals surface area contributed by atoms with E-state index in [0.717, 1.165) is 0 Å². The number of hydrogen-bond donors (Lipinski definition) is 3. The van der Waals surface area contributed by atoms with Gasteiger partial charge in [-0.25, -0.2) is 0 Å². The van der Waals surface area contributed by atoms with Crippen molar-refractivity contribution in [3.05, 3.63) is 0 Å². The first-order valence-corrected chi connectivity index (χ1v) is 11.2. The SMILES string of the molecule is CC(C)(C)C(=O)O[C@](C(=O)C(=O)C(C)(C)C)(C(=O)C(C)(C)C)[C@](O)(C(=O)C(C)(C)C)[C@H](O)CO. The maximum Gasteiger partial charge on any atom is 0.312 e. The molecule has 0 aliphatic rings. The van der Waals surface area contributed by atoms with Crippen LogP contribution in [0.1, 0.15) is 83.1 Å². The summed E-state index contributed by atoms with van der Waals surface area (Å²) in [4.78, 5) is 67.9. The first-order valence-electron chi connectivity index (χ1n) is 11.2. The quantitative estimate of drug-likeness (QED) is 0.264. The average Bonchev–Trinajstić information content (AvgIpc) is 2.65. The summed E-state index contributed by atoms with van der Waals surface area (Å²) in [6.07, 6.45) is -2.45. The number of ketones is 4. The van der Waals surface area contributed by atoms with Crippen molar-refractivity contribution in [1.29, 1.82) is 0 Å². The minimum absolute atomic E-state index is 1.18. The van der Waals surface area contributed by atoms with Crippen LogP contribution in [0.3, 0.4) is 0 Å². The Bertz CT molecular complexity index is 844. The molecule has 3 atom stereocenters. The standard InChI is InChI=1S/C25H42O9/c1-20(2,3)15(28)16(29)25(18(31)22(7,8)9,34-19(32)23(10,11)12)24(33,14(27)13-26)17(30)21(4,5)6/h14,26-27,33H,13H2,1-12H3/t14-,24-,25-/m1/s1. The van der Waals surface area contributed by atoms with Crippen LogP contribution in [0.2, 0.25) is 0 Å². The molecular formula is C25H42O9. The van der Waals surface area contributed by atoms with Gasteiger partial charge in [-0.2, -0.15) is 0 Å². The van der Waals surface area contributed by atoms with Crippen molar-refractivity contribution < 1.29 is 44.0 Å². The molecule has 34 heavy (non-hydrogen) atoms. The summed E-state index contributed by atoms with van der Waals surface area (Å²) in [7, 11) is 0. The number of aliphatic hydroxyl groups excluding tert-OH is 2. The second kappa shape index (κ2) is 9.59. The lowest BCUT2D eigenvalue weighted by molar-refractivity contribution is -0.229. The molecule has 0 rings (SSSR count). The second-order valence-corrected chi connectivity index (χ2v) is 12.9. The highest BCUT2D eigenvalue weighted by Crippen LogP contribution is 2.44. The van der Waals surface area contributed by atoms with E-state index in [-0.39, 0.29) is 0 Å². The van der Waals surface area contributed by atoms with Gasteiger partial charge in [-0.1, -0.05) is 62.3 Å². The summed E-state index contributed by atoms with van der Waals surface area (Å²) in [5.74, 6) is -6.59. The Kier molecular flexibility index (Phi) is 9.03. The van der Waals surface area contributed by atoms with Gasteiger partial charge in [-0.3, -0.25) is 24.0 Å². The number of rotatable bonds is 8. The molecule has 0 heterocycles. The van der Waals surface area contributed by atoms with E-state index in [0.29, 0.717) is 0 Å². The summed E-state index contributed by atoms with van der Waals surface area (Å²) >= 11 is 0. The molecule has 0 bridgehead atoms. The Labute approximate surface area is 202 Å². The molecule has 0 amide bonds. The largest absolute Gasteiger partial charge is 0.438 e. The number of carbonyl (C=O) groups excluding carboxylic acids is 5. The van der Waals surface area contributed by atoms with Gasteiger partial charge in [0.1, 0.15) is 6.10 Å². The van der Waals surface area contributed by atoms with E-state index in [2.05, 4.69) is 0 Å². The molecule has 196 valence electrons. The summed E-state index contributed by atoms with van der Waals surface area (Å²) in [6.45, 7) is 15.1. The van der Waals surface area contributed by atoms with E-state index in [4.69, 9.17) is 4.74 Å². The van der Waals surface area contributed by atoms with Crippen molar-refractivity contribution in [2.45, 2.75) is 100 Å². The molecular weight excluding hydrogens is 444 g/mol. The van der Waals surface area contributed by atoms with Gasteiger partial charge < -0.3 is 20.1 Å². The summed E-state index contributed by atoms with van der Waals surface area (Å²) in [6, 6.07) is 0. The fourth-order valence-electron chi connectivity index (χ4n) is 3.19. The second-order valence-electron chi connectivity index (χ2n) is 12.9. The van der Waals surface area contributed by atoms with Crippen LogP contribution in [0.5, 0.6) is 0 Å². The van der Waals surface area contributed by atoms with Gasteiger partial charge in [0.2, 0.25) is 11.4 Å². The lowest BCUT2D eigenvalue weighted by atomic mass is 9.60. The Morgan fingerprint density at radius 3 is 1.29 bits per heavy atom. The van der Waals surface area contributed by atoms with Crippen molar-refractivity contribution in [2.24, 2.45) is 21.7 Å². The van der Waals surface area contributed by atoms with Crippen LogP contribution < -0.4 is 0 Å². The number of ether oxygens (including phenoxy) is 1. The zero-order valence-electron chi connectivity index (χ0n) is 22.6. The lowest BCUT2D eigenvalue weighted by Crippen LogP contribution is -2.78. The maximum atomic E-state index is 14.0. The predicted molar refractivity (Wildman–Crippen MR) is 125 cm³/mol. The highest BCUT2D eigenvalue weighted by molar-refractivity contribution is 6.48. The van der Waals surface area contributed by atoms with Crippen LogP contribution in [0.4, 0.5) is 0 Å². The topological polar surface area (TPSA) is 155 Å². The van der Waals surface area contributed by atoms with Crippen molar-refractivity contribution in [3.63, 3.8) is 0 Å².